The summed E-state index contributed by atoms with van der Waals surface area (Å²) >= 11 is 0. The second-order valence-electron chi connectivity index (χ2n) is 7.85. The van der Waals surface area contributed by atoms with Gasteiger partial charge in [-0.1, -0.05) is 66.7 Å². The minimum absolute atomic E-state index is 0.0952. The maximum absolute atomic E-state index is 13.1. The molecule has 4 aromatic rings. The van der Waals surface area contributed by atoms with Gasteiger partial charge in [0.05, 0.1) is 35.2 Å². The van der Waals surface area contributed by atoms with Crippen molar-refractivity contribution < 1.29 is 9.59 Å². The molecule has 0 saturated carbocycles. The number of anilines is 1. The molecule has 6 heteroatoms. The average molecular weight is 439 g/mol. The summed E-state index contributed by atoms with van der Waals surface area (Å²) in [5, 5.41) is 10.6. The Hall–Kier alpha value is -4.19. The Balaban J connectivity index is 1.53. The van der Waals surface area contributed by atoms with Crippen molar-refractivity contribution in [2.45, 2.75) is 26.3 Å². The number of carbonyl (C=O) groups is 2. The highest BCUT2D eigenvalue weighted by Gasteiger charge is 2.21. The van der Waals surface area contributed by atoms with E-state index in [1.54, 1.807) is 12.1 Å². The zero-order valence-corrected chi connectivity index (χ0v) is 18.7. The first-order chi connectivity index (χ1) is 16.0. The minimum atomic E-state index is -0.469. The summed E-state index contributed by atoms with van der Waals surface area (Å²) in [6.07, 6.45) is 0.0952. The summed E-state index contributed by atoms with van der Waals surface area (Å²) in [7, 11) is 0. The molecule has 1 atom stereocenters. The van der Waals surface area contributed by atoms with Gasteiger partial charge in [-0.3, -0.25) is 9.59 Å². The molecule has 3 aromatic carbocycles. The third-order valence-corrected chi connectivity index (χ3v) is 5.49. The van der Waals surface area contributed by atoms with Crippen LogP contribution in [0.4, 0.5) is 5.69 Å². The molecule has 0 aliphatic heterocycles. The number of para-hydroxylation sites is 1. The fourth-order valence-corrected chi connectivity index (χ4v) is 3.79. The van der Waals surface area contributed by atoms with Crippen molar-refractivity contribution in [1.82, 2.24) is 15.1 Å². The first-order valence-electron chi connectivity index (χ1n) is 10.9. The van der Waals surface area contributed by atoms with Gasteiger partial charge < -0.3 is 10.6 Å². The van der Waals surface area contributed by atoms with Crippen molar-refractivity contribution in [3.8, 4) is 5.69 Å². The number of nitrogens with one attached hydrogen (secondary N) is 2. The van der Waals surface area contributed by atoms with Crippen molar-refractivity contribution in [2.75, 3.05) is 5.32 Å². The fourth-order valence-electron chi connectivity index (χ4n) is 3.79. The lowest BCUT2D eigenvalue weighted by Gasteiger charge is -2.19. The smallest absolute Gasteiger partial charge is 0.251 e. The van der Waals surface area contributed by atoms with Crippen LogP contribution in [0.2, 0.25) is 0 Å². The molecule has 0 saturated heterocycles. The van der Waals surface area contributed by atoms with E-state index >= 15 is 0 Å². The molecular formula is C27H26N4O2. The number of hydrogen-bond acceptors (Lipinski definition) is 3. The molecule has 1 aromatic heterocycles. The van der Waals surface area contributed by atoms with E-state index in [-0.39, 0.29) is 18.2 Å². The first kappa shape index (κ1) is 22.0. The van der Waals surface area contributed by atoms with Crippen molar-refractivity contribution in [1.29, 1.82) is 0 Å². The van der Waals surface area contributed by atoms with Gasteiger partial charge in [0.2, 0.25) is 5.91 Å². The third kappa shape index (κ3) is 5.18. The molecule has 6 nitrogen and oxygen atoms in total. The molecule has 0 aliphatic rings. The zero-order chi connectivity index (χ0) is 23.2. The molecular weight excluding hydrogens is 412 g/mol. The van der Waals surface area contributed by atoms with Crippen LogP contribution >= 0.6 is 0 Å². The van der Waals surface area contributed by atoms with Crippen LogP contribution in [-0.2, 0) is 4.79 Å². The predicted molar refractivity (Wildman–Crippen MR) is 129 cm³/mol. The molecule has 1 unspecified atom stereocenters. The molecule has 166 valence electrons. The van der Waals surface area contributed by atoms with Crippen molar-refractivity contribution in [2.24, 2.45) is 0 Å². The molecule has 0 radical (unpaired) electrons. The van der Waals surface area contributed by atoms with E-state index in [9.17, 15) is 9.59 Å². The van der Waals surface area contributed by atoms with Gasteiger partial charge in [-0.2, -0.15) is 5.10 Å². The first-order valence-corrected chi connectivity index (χ1v) is 10.9. The van der Waals surface area contributed by atoms with Gasteiger partial charge in [-0.25, -0.2) is 4.68 Å². The summed E-state index contributed by atoms with van der Waals surface area (Å²) in [6.45, 7) is 3.79. The van der Waals surface area contributed by atoms with Crippen LogP contribution in [-0.4, -0.2) is 21.6 Å². The number of amides is 2. The molecule has 0 bridgehead atoms. The molecule has 2 amide bonds. The molecule has 2 N–H and O–H groups in total. The van der Waals surface area contributed by atoms with E-state index in [2.05, 4.69) is 15.7 Å². The Labute approximate surface area is 193 Å². The lowest BCUT2D eigenvalue weighted by Crippen LogP contribution is -2.31. The van der Waals surface area contributed by atoms with Gasteiger partial charge in [0.1, 0.15) is 0 Å². The van der Waals surface area contributed by atoms with Gasteiger partial charge >= 0.3 is 0 Å². The lowest BCUT2D eigenvalue weighted by molar-refractivity contribution is -0.116. The fraction of sp³-hybridized carbons (Fsp3) is 0.148. The van der Waals surface area contributed by atoms with Crippen LogP contribution in [0.1, 0.15) is 39.8 Å². The summed E-state index contributed by atoms with van der Waals surface area (Å²) in [6, 6.07) is 27.8. The van der Waals surface area contributed by atoms with Crippen LogP contribution in [0.3, 0.4) is 0 Å². The van der Waals surface area contributed by atoms with E-state index in [1.807, 2.05) is 97.4 Å². The lowest BCUT2D eigenvalue weighted by atomic mass is 10.0. The van der Waals surface area contributed by atoms with Crippen molar-refractivity contribution >= 4 is 17.5 Å². The van der Waals surface area contributed by atoms with Crippen molar-refractivity contribution in [3.63, 3.8) is 0 Å². The number of hydrogen-bond donors (Lipinski definition) is 2. The second kappa shape index (κ2) is 9.96. The number of aryl methyl sites for hydroxylation is 1. The zero-order valence-electron chi connectivity index (χ0n) is 18.7. The molecule has 1 heterocycles. The average Bonchev–Trinajstić information content (AvgIpc) is 3.13. The highest BCUT2D eigenvalue weighted by Crippen LogP contribution is 2.24. The van der Waals surface area contributed by atoms with Gasteiger partial charge in [0, 0.05) is 5.56 Å². The largest absolute Gasteiger partial charge is 0.345 e. The number of nitrogens with zero attached hydrogens (tertiary/aromatic N) is 2. The Morgan fingerprint density at radius 1 is 0.848 bits per heavy atom. The number of rotatable bonds is 7. The van der Waals surface area contributed by atoms with Gasteiger partial charge in [-0.15, -0.1) is 0 Å². The summed E-state index contributed by atoms with van der Waals surface area (Å²) in [5.41, 5.74) is 4.60. The van der Waals surface area contributed by atoms with Crippen LogP contribution in [0, 0.1) is 13.8 Å². The molecule has 4 rings (SSSR count). The highest BCUT2D eigenvalue weighted by atomic mass is 16.2. The Morgan fingerprint density at radius 3 is 2.06 bits per heavy atom. The number of benzene rings is 3. The topological polar surface area (TPSA) is 76.0 Å². The van der Waals surface area contributed by atoms with Gasteiger partial charge in [-0.05, 0) is 43.7 Å². The second-order valence-corrected chi connectivity index (χ2v) is 7.85. The SMILES string of the molecule is Cc1nn(-c2ccccc2)c(C)c1NC(=O)CC(NC(=O)c1ccccc1)c1ccccc1. The Bertz CT molecular complexity index is 1240. The van der Waals surface area contributed by atoms with Gasteiger partial charge in [0.25, 0.3) is 5.91 Å². The maximum Gasteiger partial charge on any atom is 0.251 e. The van der Waals surface area contributed by atoms with E-state index in [0.29, 0.717) is 11.3 Å². The standard InChI is InChI=1S/C27H26N4O2/c1-19-26(20(2)31(30-19)23-16-10-5-11-17-23)29-25(32)18-24(21-12-6-3-7-13-21)28-27(33)22-14-8-4-9-15-22/h3-17,24H,18H2,1-2H3,(H,28,33)(H,29,32). The van der Waals surface area contributed by atoms with E-state index < -0.39 is 6.04 Å². The molecule has 0 fully saturated rings. The summed E-state index contributed by atoms with van der Waals surface area (Å²) in [4.78, 5) is 25.8. The monoisotopic (exact) mass is 438 g/mol. The normalized spacial score (nSPS) is 11.6. The molecule has 0 aliphatic carbocycles. The van der Waals surface area contributed by atoms with Crippen LogP contribution in [0.25, 0.3) is 5.69 Å². The van der Waals surface area contributed by atoms with Crippen LogP contribution in [0.5, 0.6) is 0 Å². The highest BCUT2D eigenvalue weighted by molar-refractivity contribution is 5.96. The van der Waals surface area contributed by atoms with E-state index in [1.165, 1.54) is 0 Å². The number of aromatic nitrogens is 2. The quantitative estimate of drug-likeness (QED) is 0.427. The van der Waals surface area contributed by atoms with Gasteiger partial charge in [0.15, 0.2) is 0 Å². The number of carbonyl (C=O) groups excluding carboxylic acids is 2. The van der Waals surface area contributed by atoms with E-state index in [4.69, 9.17) is 0 Å². The Kier molecular flexibility index (Phi) is 6.64. The molecule has 0 spiro atoms. The third-order valence-electron chi connectivity index (χ3n) is 5.49. The van der Waals surface area contributed by atoms with Crippen LogP contribution < -0.4 is 10.6 Å². The molecule has 33 heavy (non-hydrogen) atoms. The van der Waals surface area contributed by atoms with E-state index in [0.717, 1.165) is 22.6 Å². The summed E-state index contributed by atoms with van der Waals surface area (Å²) < 4.78 is 1.82. The summed E-state index contributed by atoms with van der Waals surface area (Å²) in [5.74, 6) is -0.419. The predicted octanol–water partition coefficient (Wildman–Crippen LogP) is 4.99. The Morgan fingerprint density at radius 2 is 1.42 bits per heavy atom. The van der Waals surface area contributed by atoms with Crippen molar-refractivity contribution in [3.05, 3.63) is 114 Å². The van der Waals surface area contributed by atoms with Crippen LogP contribution in [0.15, 0.2) is 91.0 Å². The minimum Gasteiger partial charge on any atom is -0.345 e. The maximum atomic E-state index is 13.1.